The van der Waals surface area contributed by atoms with E-state index in [1.165, 1.54) is 0 Å². The van der Waals surface area contributed by atoms with Gasteiger partial charge in [0.25, 0.3) is 5.91 Å². The summed E-state index contributed by atoms with van der Waals surface area (Å²) in [5.74, 6) is 0.290. The van der Waals surface area contributed by atoms with E-state index in [0.29, 0.717) is 0 Å². The molecule has 2 aromatic rings. The van der Waals surface area contributed by atoms with Gasteiger partial charge in [-0.15, -0.1) is 11.3 Å². The Morgan fingerprint density at radius 3 is 2.42 bits per heavy atom. The minimum atomic E-state index is -0.111. The molecule has 2 fully saturated rings. The molecule has 3 heterocycles. The van der Waals surface area contributed by atoms with Crippen molar-refractivity contribution in [1.82, 2.24) is 9.80 Å². The van der Waals surface area contributed by atoms with Crippen LogP contribution in [0.1, 0.15) is 45.3 Å². The second-order valence-corrected chi connectivity index (χ2v) is 8.78. The molecule has 1 atom stereocenters. The standard InChI is InChI=1S/C21H24N2O2S/c1-15-8-9-18(26-15)20(25)23-12-10-21(11-13-23)14-17(19(24)22(21)2)16-6-4-3-5-7-16/h3-9,17H,10-14H2,1-2H3. The smallest absolute Gasteiger partial charge is 0.263 e. The number of piperidine rings is 1. The molecule has 2 saturated heterocycles. The van der Waals surface area contributed by atoms with Crippen LogP contribution in [0.3, 0.4) is 0 Å². The highest BCUT2D eigenvalue weighted by Gasteiger charge is 2.50. The van der Waals surface area contributed by atoms with Crippen LogP contribution in [0.2, 0.25) is 0 Å². The second kappa shape index (κ2) is 6.54. The predicted octanol–water partition coefficient (Wildman–Crippen LogP) is 3.68. The van der Waals surface area contributed by atoms with Crippen LogP contribution in [0.5, 0.6) is 0 Å². The van der Waals surface area contributed by atoms with Gasteiger partial charge in [0.1, 0.15) is 0 Å². The van der Waals surface area contributed by atoms with Gasteiger partial charge in [-0.3, -0.25) is 9.59 Å². The summed E-state index contributed by atoms with van der Waals surface area (Å²) < 4.78 is 0. The fourth-order valence-electron chi connectivity index (χ4n) is 4.39. The zero-order valence-corrected chi connectivity index (χ0v) is 16.1. The number of benzene rings is 1. The second-order valence-electron chi connectivity index (χ2n) is 7.49. The van der Waals surface area contributed by atoms with E-state index in [2.05, 4.69) is 0 Å². The van der Waals surface area contributed by atoms with Crippen LogP contribution in [-0.4, -0.2) is 47.3 Å². The number of amides is 2. The number of rotatable bonds is 2. The number of aryl methyl sites for hydroxylation is 1. The maximum atomic E-state index is 12.9. The van der Waals surface area contributed by atoms with E-state index in [-0.39, 0.29) is 23.3 Å². The lowest BCUT2D eigenvalue weighted by atomic mass is 9.81. The molecule has 4 rings (SSSR count). The molecule has 4 nitrogen and oxygen atoms in total. The maximum Gasteiger partial charge on any atom is 0.263 e. The van der Waals surface area contributed by atoms with Gasteiger partial charge in [0.05, 0.1) is 10.8 Å². The average Bonchev–Trinajstić information content (AvgIpc) is 3.20. The van der Waals surface area contributed by atoms with Crippen molar-refractivity contribution in [3.8, 4) is 0 Å². The minimum Gasteiger partial charge on any atom is -0.339 e. The lowest BCUT2D eigenvalue weighted by Gasteiger charge is -2.43. The number of carbonyl (C=O) groups is 2. The Bertz CT molecular complexity index is 822. The van der Waals surface area contributed by atoms with E-state index in [1.54, 1.807) is 11.3 Å². The lowest BCUT2D eigenvalue weighted by molar-refractivity contribution is -0.131. The summed E-state index contributed by atoms with van der Waals surface area (Å²) in [6.07, 6.45) is 2.57. The van der Waals surface area contributed by atoms with Gasteiger partial charge in [0.15, 0.2) is 0 Å². The third-order valence-electron chi connectivity index (χ3n) is 6.06. The molecule has 1 aromatic heterocycles. The molecule has 0 N–H and O–H groups in total. The first-order chi connectivity index (χ1) is 12.5. The van der Waals surface area contributed by atoms with Crippen molar-refractivity contribution in [3.05, 3.63) is 57.8 Å². The summed E-state index contributed by atoms with van der Waals surface area (Å²) in [5, 5.41) is 0. The largest absolute Gasteiger partial charge is 0.339 e. The van der Waals surface area contributed by atoms with Gasteiger partial charge in [0, 0.05) is 30.6 Å². The topological polar surface area (TPSA) is 40.6 Å². The monoisotopic (exact) mass is 368 g/mol. The normalized spacial score (nSPS) is 22.2. The molecule has 1 aromatic carbocycles. The molecule has 2 aliphatic rings. The summed E-state index contributed by atoms with van der Waals surface area (Å²) in [6, 6.07) is 14.0. The molecule has 1 unspecified atom stereocenters. The van der Waals surface area contributed by atoms with E-state index >= 15 is 0 Å². The van der Waals surface area contributed by atoms with Gasteiger partial charge in [0.2, 0.25) is 5.91 Å². The van der Waals surface area contributed by atoms with Crippen molar-refractivity contribution in [1.29, 1.82) is 0 Å². The van der Waals surface area contributed by atoms with Crippen molar-refractivity contribution in [2.45, 2.75) is 37.6 Å². The summed E-state index contributed by atoms with van der Waals surface area (Å²) in [5.41, 5.74) is 0.994. The SMILES string of the molecule is Cc1ccc(C(=O)N2CCC3(CC2)CC(c2ccccc2)C(=O)N3C)s1. The number of likely N-dealkylation sites (tertiary alicyclic amines) is 2. The Labute approximate surface area is 158 Å². The summed E-state index contributed by atoms with van der Waals surface area (Å²) in [4.78, 5) is 31.5. The van der Waals surface area contributed by atoms with E-state index in [9.17, 15) is 9.59 Å². The van der Waals surface area contributed by atoms with Crippen molar-refractivity contribution in [3.63, 3.8) is 0 Å². The van der Waals surface area contributed by atoms with Crippen LogP contribution in [-0.2, 0) is 4.79 Å². The Hall–Kier alpha value is -2.14. The Kier molecular flexibility index (Phi) is 4.35. The van der Waals surface area contributed by atoms with E-state index < -0.39 is 0 Å². The first-order valence-electron chi connectivity index (χ1n) is 9.18. The number of nitrogens with zero attached hydrogens (tertiary/aromatic N) is 2. The van der Waals surface area contributed by atoms with Crippen molar-refractivity contribution in [2.24, 2.45) is 0 Å². The van der Waals surface area contributed by atoms with Crippen molar-refractivity contribution < 1.29 is 9.59 Å². The first kappa shape index (κ1) is 17.3. The zero-order chi connectivity index (χ0) is 18.3. The van der Waals surface area contributed by atoms with Crippen LogP contribution in [0.4, 0.5) is 0 Å². The first-order valence-corrected chi connectivity index (χ1v) is 10.0. The van der Waals surface area contributed by atoms with Gasteiger partial charge in [-0.1, -0.05) is 30.3 Å². The van der Waals surface area contributed by atoms with Crippen LogP contribution >= 0.6 is 11.3 Å². The van der Waals surface area contributed by atoms with Crippen LogP contribution < -0.4 is 0 Å². The molecule has 2 amide bonds. The molecule has 26 heavy (non-hydrogen) atoms. The fraction of sp³-hybridized carbons (Fsp3) is 0.429. The quantitative estimate of drug-likeness (QED) is 0.811. The van der Waals surface area contributed by atoms with Gasteiger partial charge < -0.3 is 9.80 Å². The number of hydrogen-bond donors (Lipinski definition) is 0. The summed E-state index contributed by atoms with van der Waals surface area (Å²) >= 11 is 1.56. The molecular weight excluding hydrogens is 344 g/mol. The lowest BCUT2D eigenvalue weighted by Crippen LogP contribution is -2.52. The number of thiophene rings is 1. The third-order valence-corrected chi connectivity index (χ3v) is 7.05. The highest BCUT2D eigenvalue weighted by Crippen LogP contribution is 2.45. The van der Waals surface area contributed by atoms with Crippen molar-refractivity contribution >= 4 is 23.2 Å². The van der Waals surface area contributed by atoms with E-state index in [0.717, 1.165) is 47.7 Å². The van der Waals surface area contributed by atoms with Gasteiger partial charge in [-0.25, -0.2) is 0 Å². The van der Waals surface area contributed by atoms with Gasteiger partial charge >= 0.3 is 0 Å². The molecule has 0 aliphatic carbocycles. The maximum absolute atomic E-state index is 12.9. The Balaban J connectivity index is 1.48. The summed E-state index contributed by atoms with van der Waals surface area (Å²) in [6.45, 7) is 3.46. The summed E-state index contributed by atoms with van der Waals surface area (Å²) in [7, 11) is 1.94. The molecule has 136 valence electrons. The zero-order valence-electron chi connectivity index (χ0n) is 15.3. The molecule has 2 aliphatic heterocycles. The van der Waals surface area contributed by atoms with E-state index in [1.807, 2.05) is 66.2 Å². The number of carbonyl (C=O) groups excluding carboxylic acids is 2. The number of hydrogen-bond acceptors (Lipinski definition) is 3. The predicted molar refractivity (Wildman–Crippen MR) is 103 cm³/mol. The van der Waals surface area contributed by atoms with Crippen LogP contribution in [0.25, 0.3) is 0 Å². The Morgan fingerprint density at radius 2 is 1.81 bits per heavy atom. The molecule has 5 heteroatoms. The highest BCUT2D eigenvalue weighted by molar-refractivity contribution is 7.13. The minimum absolute atomic E-state index is 0.0524. The molecular formula is C21H24N2O2S. The molecule has 1 spiro atoms. The highest BCUT2D eigenvalue weighted by atomic mass is 32.1. The number of likely N-dealkylation sites (N-methyl/N-ethyl adjacent to an activating group) is 1. The van der Waals surface area contributed by atoms with Crippen molar-refractivity contribution in [2.75, 3.05) is 20.1 Å². The van der Waals surface area contributed by atoms with Gasteiger partial charge in [-0.2, -0.15) is 0 Å². The third kappa shape index (κ3) is 2.84. The molecule has 0 saturated carbocycles. The van der Waals surface area contributed by atoms with E-state index in [4.69, 9.17) is 0 Å². The van der Waals surface area contributed by atoms with Crippen LogP contribution in [0, 0.1) is 6.92 Å². The molecule has 0 radical (unpaired) electrons. The fourth-order valence-corrected chi connectivity index (χ4v) is 5.22. The molecule has 0 bridgehead atoms. The van der Waals surface area contributed by atoms with Crippen LogP contribution in [0.15, 0.2) is 42.5 Å². The van der Waals surface area contributed by atoms with Gasteiger partial charge in [-0.05, 0) is 43.9 Å². The average molecular weight is 369 g/mol. The Morgan fingerprint density at radius 1 is 1.12 bits per heavy atom.